The van der Waals surface area contributed by atoms with E-state index in [1.165, 1.54) is 22.0 Å². The van der Waals surface area contributed by atoms with Crippen molar-refractivity contribution in [3.63, 3.8) is 0 Å². The van der Waals surface area contributed by atoms with Crippen molar-refractivity contribution in [3.8, 4) is 0 Å². The van der Waals surface area contributed by atoms with Crippen LogP contribution in [0.5, 0.6) is 0 Å². The average molecular weight is 352 g/mol. The Balaban J connectivity index is 1.58. The second kappa shape index (κ2) is 6.33. The molecule has 7 heteroatoms. The Morgan fingerprint density at radius 1 is 1.04 bits per heavy atom. The zero-order valence-corrected chi connectivity index (χ0v) is 14.2. The van der Waals surface area contributed by atoms with Crippen LogP contribution in [0.25, 0.3) is 0 Å². The molecule has 2 amide bonds. The summed E-state index contributed by atoms with van der Waals surface area (Å²) in [5, 5.41) is 9.41. The predicted molar refractivity (Wildman–Crippen MR) is 92.7 cm³/mol. The van der Waals surface area contributed by atoms with E-state index < -0.39 is 12.1 Å². The summed E-state index contributed by atoms with van der Waals surface area (Å²) >= 11 is 0. The van der Waals surface area contributed by atoms with Gasteiger partial charge in [0, 0.05) is 0 Å². The molecule has 0 N–H and O–H groups in total. The number of benzene rings is 2. The topological polar surface area (TPSA) is 65.3 Å². The van der Waals surface area contributed by atoms with Gasteiger partial charge < -0.3 is 0 Å². The number of imide groups is 1. The molecule has 0 unspecified atom stereocenters. The Morgan fingerprint density at radius 3 is 2.50 bits per heavy atom. The van der Waals surface area contributed by atoms with Gasteiger partial charge in [-0.05, 0) is 41.8 Å². The molecule has 0 saturated carbocycles. The summed E-state index contributed by atoms with van der Waals surface area (Å²) in [5.74, 6) is -1.10. The smallest absolute Gasteiger partial charge is 0.263 e. The molecule has 0 aliphatic carbocycles. The lowest BCUT2D eigenvalue weighted by atomic mass is 10.1. The van der Waals surface area contributed by atoms with Crippen molar-refractivity contribution in [1.29, 1.82) is 0 Å². The van der Waals surface area contributed by atoms with E-state index in [0.29, 0.717) is 11.3 Å². The van der Waals surface area contributed by atoms with Crippen molar-refractivity contribution in [2.75, 3.05) is 4.90 Å². The average Bonchev–Trinajstić information content (AvgIpc) is 3.16. The number of carbonyl (C=O) groups is 2. The fraction of sp³-hybridized carbons (Fsp3) is 0.263. The summed E-state index contributed by atoms with van der Waals surface area (Å²) in [6, 6.07) is 11.8. The molecule has 0 bridgehead atoms. The van der Waals surface area contributed by atoms with E-state index in [2.05, 4.69) is 10.3 Å². The second-order valence-electron chi connectivity index (χ2n) is 6.35. The lowest BCUT2D eigenvalue weighted by Gasteiger charge is -2.20. The summed E-state index contributed by atoms with van der Waals surface area (Å²) in [7, 11) is 0. The van der Waals surface area contributed by atoms with Gasteiger partial charge in [0.2, 0.25) is 0 Å². The van der Waals surface area contributed by atoms with Gasteiger partial charge in [-0.3, -0.25) is 14.6 Å². The van der Waals surface area contributed by atoms with Gasteiger partial charge in [-0.2, -0.15) is 5.11 Å². The summed E-state index contributed by atoms with van der Waals surface area (Å²) in [4.78, 5) is 26.7. The number of halogens is 1. The van der Waals surface area contributed by atoms with Gasteiger partial charge in [0.15, 0.2) is 12.1 Å². The first-order valence-electron chi connectivity index (χ1n) is 8.47. The standard InChI is InChI=1S/C19H17FN4O2/c1-2-12-6-8-15(9-7-12)24-18(25)16-17(19(24)26)23(22-21-16)11-13-4-3-5-14(20)10-13/h3-10,16-17H,2,11H2,1H3/t16-,17+/m0/s1. The van der Waals surface area contributed by atoms with Gasteiger partial charge in [0.25, 0.3) is 11.8 Å². The van der Waals surface area contributed by atoms with Crippen molar-refractivity contribution in [1.82, 2.24) is 5.01 Å². The molecule has 2 aromatic rings. The molecule has 2 aromatic carbocycles. The number of anilines is 1. The van der Waals surface area contributed by atoms with E-state index in [4.69, 9.17) is 0 Å². The molecule has 0 radical (unpaired) electrons. The van der Waals surface area contributed by atoms with Crippen molar-refractivity contribution in [2.45, 2.75) is 32.0 Å². The summed E-state index contributed by atoms with van der Waals surface area (Å²) in [6.07, 6.45) is 0.878. The molecule has 1 saturated heterocycles. The Labute approximate surface area is 149 Å². The van der Waals surface area contributed by atoms with Crippen molar-refractivity contribution in [2.24, 2.45) is 10.3 Å². The van der Waals surface area contributed by atoms with Crippen LogP contribution in [0.3, 0.4) is 0 Å². The zero-order valence-electron chi connectivity index (χ0n) is 14.2. The van der Waals surface area contributed by atoms with Gasteiger partial charge in [0.1, 0.15) is 5.82 Å². The van der Waals surface area contributed by atoms with E-state index in [9.17, 15) is 14.0 Å². The first-order valence-corrected chi connectivity index (χ1v) is 8.47. The number of fused-ring (bicyclic) bond motifs is 1. The molecular weight excluding hydrogens is 335 g/mol. The van der Waals surface area contributed by atoms with Gasteiger partial charge in [-0.15, -0.1) is 0 Å². The molecule has 26 heavy (non-hydrogen) atoms. The fourth-order valence-corrected chi connectivity index (χ4v) is 3.31. The largest absolute Gasteiger partial charge is 0.271 e. The first-order chi connectivity index (χ1) is 12.6. The molecule has 2 heterocycles. The van der Waals surface area contributed by atoms with E-state index >= 15 is 0 Å². The highest BCUT2D eigenvalue weighted by molar-refractivity contribution is 6.25. The number of amides is 2. The lowest BCUT2D eigenvalue weighted by Crippen LogP contribution is -2.39. The maximum Gasteiger partial charge on any atom is 0.263 e. The minimum absolute atomic E-state index is 0.212. The van der Waals surface area contributed by atoms with Crippen LogP contribution in [0.1, 0.15) is 18.1 Å². The Hall–Kier alpha value is -3.09. The molecule has 0 spiro atoms. The van der Waals surface area contributed by atoms with Crippen LogP contribution < -0.4 is 4.90 Å². The number of hydrogen-bond acceptors (Lipinski definition) is 5. The minimum atomic E-state index is -0.845. The molecule has 0 aromatic heterocycles. The molecule has 2 aliphatic heterocycles. The SMILES string of the molecule is CCc1ccc(N2C(=O)[C@H]3N=NN(Cc4cccc(F)c4)[C@H]3C2=O)cc1. The molecule has 132 valence electrons. The third kappa shape index (κ3) is 2.65. The monoisotopic (exact) mass is 352 g/mol. The first kappa shape index (κ1) is 16.4. The summed E-state index contributed by atoms with van der Waals surface area (Å²) in [5.41, 5.74) is 2.32. The summed E-state index contributed by atoms with van der Waals surface area (Å²) < 4.78 is 13.4. The van der Waals surface area contributed by atoms with E-state index in [1.807, 2.05) is 19.1 Å². The Bertz CT molecular complexity index is 897. The molecule has 2 aliphatic rings. The quantitative estimate of drug-likeness (QED) is 0.795. The Kier molecular flexibility index (Phi) is 3.99. The minimum Gasteiger partial charge on any atom is -0.271 e. The van der Waals surface area contributed by atoms with Gasteiger partial charge in [-0.25, -0.2) is 9.29 Å². The second-order valence-corrected chi connectivity index (χ2v) is 6.35. The number of rotatable bonds is 4. The van der Waals surface area contributed by atoms with Crippen LogP contribution in [0.2, 0.25) is 0 Å². The maximum absolute atomic E-state index is 13.4. The number of hydrogen-bond donors (Lipinski definition) is 0. The normalized spacial score (nSPS) is 21.6. The van der Waals surface area contributed by atoms with Crippen molar-refractivity contribution >= 4 is 17.5 Å². The maximum atomic E-state index is 13.4. The van der Waals surface area contributed by atoms with Crippen LogP contribution in [0.15, 0.2) is 58.9 Å². The summed E-state index contributed by atoms with van der Waals surface area (Å²) in [6.45, 7) is 2.25. The number of aryl methyl sites for hydroxylation is 1. The highest BCUT2D eigenvalue weighted by Gasteiger charge is 2.54. The van der Waals surface area contributed by atoms with E-state index in [-0.39, 0.29) is 24.2 Å². The fourth-order valence-electron chi connectivity index (χ4n) is 3.31. The van der Waals surface area contributed by atoms with Crippen LogP contribution in [0, 0.1) is 5.82 Å². The molecule has 4 rings (SSSR count). The van der Waals surface area contributed by atoms with E-state index in [0.717, 1.165) is 12.0 Å². The van der Waals surface area contributed by atoms with E-state index in [1.54, 1.807) is 24.3 Å². The molecule has 2 atom stereocenters. The van der Waals surface area contributed by atoms with Crippen LogP contribution >= 0.6 is 0 Å². The Morgan fingerprint density at radius 2 is 1.81 bits per heavy atom. The molecule has 6 nitrogen and oxygen atoms in total. The van der Waals surface area contributed by atoms with Crippen molar-refractivity contribution < 1.29 is 14.0 Å². The highest BCUT2D eigenvalue weighted by Crippen LogP contribution is 2.32. The van der Waals surface area contributed by atoms with Gasteiger partial charge in [0.05, 0.1) is 12.2 Å². The van der Waals surface area contributed by atoms with Crippen LogP contribution in [-0.4, -0.2) is 28.9 Å². The number of carbonyl (C=O) groups excluding carboxylic acids is 2. The molecule has 1 fully saturated rings. The van der Waals surface area contributed by atoms with Crippen LogP contribution in [-0.2, 0) is 22.6 Å². The van der Waals surface area contributed by atoms with Gasteiger partial charge in [-0.1, -0.05) is 36.4 Å². The van der Waals surface area contributed by atoms with Crippen molar-refractivity contribution in [3.05, 3.63) is 65.5 Å². The number of nitrogens with zero attached hydrogens (tertiary/aromatic N) is 4. The molecular formula is C19H17FN4O2. The zero-order chi connectivity index (χ0) is 18.3. The third-order valence-corrected chi connectivity index (χ3v) is 4.69. The predicted octanol–water partition coefficient (Wildman–Crippen LogP) is 2.88. The van der Waals surface area contributed by atoms with Gasteiger partial charge >= 0.3 is 0 Å². The van der Waals surface area contributed by atoms with Crippen LogP contribution in [0.4, 0.5) is 10.1 Å². The third-order valence-electron chi connectivity index (χ3n) is 4.69. The highest BCUT2D eigenvalue weighted by atomic mass is 19.1. The lowest BCUT2D eigenvalue weighted by molar-refractivity contribution is -0.123.